The molecule has 0 spiro atoms. The van der Waals surface area contributed by atoms with E-state index in [4.69, 9.17) is 22.1 Å². The van der Waals surface area contributed by atoms with Crippen LogP contribution in [0.4, 0.5) is 17.2 Å². The summed E-state index contributed by atoms with van der Waals surface area (Å²) in [4.78, 5) is 12.8. The number of ether oxygens (including phenoxy) is 1. The van der Waals surface area contributed by atoms with Gasteiger partial charge in [-0.25, -0.2) is 4.98 Å². The Hall–Kier alpha value is -2.90. The van der Waals surface area contributed by atoms with Crippen molar-refractivity contribution in [3.8, 4) is 11.6 Å². The van der Waals surface area contributed by atoms with Crippen molar-refractivity contribution in [3.63, 3.8) is 0 Å². The summed E-state index contributed by atoms with van der Waals surface area (Å²) in [5, 5.41) is 4.73. The number of hydrogen-bond donors (Lipinski definition) is 2. The van der Waals surface area contributed by atoms with Crippen LogP contribution in [0.1, 0.15) is 5.56 Å². The second-order valence-electron chi connectivity index (χ2n) is 6.08. The quantitative estimate of drug-likeness (QED) is 0.399. The first-order valence-electron chi connectivity index (χ1n) is 8.37. The molecule has 0 atom stereocenters. The monoisotopic (exact) mass is 455 g/mol. The van der Waals surface area contributed by atoms with Gasteiger partial charge in [-0.3, -0.25) is 4.98 Å². The van der Waals surface area contributed by atoms with E-state index < -0.39 is 0 Å². The lowest BCUT2D eigenvalue weighted by atomic mass is 10.2. The molecule has 4 rings (SSSR count). The van der Waals surface area contributed by atoms with Gasteiger partial charge in [-0.2, -0.15) is 4.98 Å². The van der Waals surface area contributed by atoms with Crippen LogP contribution in [0, 0.1) is 6.92 Å². The molecule has 0 bridgehead atoms. The molecule has 140 valence electrons. The maximum absolute atomic E-state index is 6.25. The van der Waals surface area contributed by atoms with Crippen LogP contribution in [-0.2, 0) is 0 Å². The molecule has 2 aromatic carbocycles. The first-order chi connectivity index (χ1) is 13.5. The van der Waals surface area contributed by atoms with Crippen molar-refractivity contribution in [2.75, 3.05) is 11.1 Å². The fourth-order valence-electron chi connectivity index (χ4n) is 2.67. The molecule has 2 heterocycles. The summed E-state index contributed by atoms with van der Waals surface area (Å²) >= 11 is 9.71. The van der Waals surface area contributed by atoms with E-state index in [2.05, 4.69) is 36.2 Å². The van der Waals surface area contributed by atoms with Gasteiger partial charge in [-0.15, -0.1) is 0 Å². The largest absolute Gasteiger partial charge is 0.435 e. The average Bonchev–Trinajstić information content (AvgIpc) is 2.70. The molecule has 0 aliphatic carbocycles. The molecule has 0 saturated heterocycles. The van der Waals surface area contributed by atoms with E-state index in [-0.39, 0.29) is 11.6 Å². The van der Waals surface area contributed by atoms with E-state index in [0.29, 0.717) is 22.1 Å². The van der Waals surface area contributed by atoms with E-state index in [1.54, 1.807) is 6.20 Å². The first kappa shape index (κ1) is 18.5. The van der Waals surface area contributed by atoms with Crippen molar-refractivity contribution in [2.45, 2.75) is 6.92 Å². The van der Waals surface area contributed by atoms with Crippen LogP contribution < -0.4 is 15.8 Å². The summed E-state index contributed by atoms with van der Waals surface area (Å²) < 4.78 is 6.90. The van der Waals surface area contributed by atoms with Crippen LogP contribution in [0.25, 0.3) is 10.9 Å². The third kappa shape index (κ3) is 3.58. The van der Waals surface area contributed by atoms with Crippen LogP contribution in [0.3, 0.4) is 0 Å². The number of fused-ring (bicyclic) bond motifs is 1. The number of aryl methyl sites for hydroxylation is 1. The number of anilines is 3. The molecule has 4 aromatic rings. The number of rotatable bonds is 4. The Labute approximate surface area is 174 Å². The Morgan fingerprint density at radius 2 is 1.96 bits per heavy atom. The van der Waals surface area contributed by atoms with E-state index in [1.165, 1.54) is 6.33 Å². The van der Waals surface area contributed by atoms with Crippen molar-refractivity contribution in [2.24, 2.45) is 0 Å². The van der Waals surface area contributed by atoms with Crippen LogP contribution in [0.15, 0.2) is 59.5 Å². The molecule has 3 N–H and O–H groups in total. The van der Waals surface area contributed by atoms with Crippen molar-refractivity contribution < 1.29 is 4.74 Å². The second-order valence-corrected chi connectivity index (χ2v) is 7.34. The number of halogens is 2. The van der Waals surface area contributed by atoms with E-state index in [1.807, 2.05) is 49.4 Å². The summed E-state index contributed by atoms with van der Waals surface area (Å²) in [7, 11) is 0. The minimum Gasteiger partial charge on any atom is -0.435 e. The number of pyridine rings is 1. The van der Waals surface area contributed by atoms with Crippen LogP contribution in [-0.4, -0.2) is 15.0 Å². The number of aromatic nitrogens is 3. The number of nitrogen functional groups attached to an aromatic ring is 1. The zero-order valence-corrected chi connectivity index (χ0v) is 17.1. The van der Waals surface area contributed by atoms with Crippen molar-refractivity contribution in [1.29, 1.82) is 0 Å². The Kier molecular flexibility index (Phi) is 5.02. The molecule has 0 saturated carbocycles. The van der Waals surface area contributed by atoms with Gasteiger partial charge in [-0.05, 0) is 42.8 Å². The zero-order chi connectivity index (χ0) is 19.7. The van der Waals surface area contributed by atoms with E-state index in [0.717, 1.165) is 21.1 Å². The summed E-state index contributed by atoms with van der Waals surface area (Å²) in [5.74, 6) is 1.22. The molecule has 0 radical (unpaired) electrons. The van der Waals surface area contributed by atoms with E-state index in [9.17, 15) is 0 Å². The van der Waals surface area contributed by atoms with Crippen molar-refractivity contribution in [3.05, 3.63) is 70.0 Å². The zero-order valence-electron chi connectivity index (χ0n) is 14.8. The molecule has 0 aliphatic rings. The van der Waals surface area contributed by atoms with Gasteiger partial charge in [0.25, 0.3) is 0 Å². The Balaban J connectivity index is 1.68. The number of hydrogen-bond acceptors (Lipinski definition) is 6. The Bertz CT molecular complexity index is 1180. The Morgan fingerprint density at radius 3 is 2.79 bits per heavy atom. The minimum absolute atomic E-state index is 0.241. The highest BCUT2D eigenvalue weighted by molar-refractivity contribution is 9.10. The van der Waals surface area contributed by atoms with Gasteiger partial charge in [0.15, 0.2) is 11.6 Å². The fourth-order valence-corrected chi connectivity index (χ4v) is 3.30. The maximum atomic E-state index is 6.25. The van der Waals surface area contributed by atoms with Crippen molar-refractivity contribution >= 4 is 55.6 Å². The molecular weight excluding hydrogens is 442 g/mol. The minimum atomic E-state index is 0.241. The summed E-state index contributed by atoms with van der Waals surface area (Å²) in [6.45, 7) is 1.94. The van der Waals surface area contributed by atoms with Gasteiger partial charge in [0, 0.05) is 26.8 Å². The molecular formula is C20H15BrClN5O. The third-order valence-corrected chi connectivity index (χ3v) is 5.27. The molecule has 0 aliphatic heterocycles. The van der Waals surface area contributed by atoms with Gasteiger partial charge in [0.1, 0.15) is 17.5 Å². The van der Waals surface area contributed by atoms with Crippen LogP contribution in [0.2, 0.25) is 5.02 Å². The summed E-state index contributed by atoms with van der Waals surface area (Å²) in [6.07, 6.45) is 3.09. The lowest BCUT2D eigenvalue weighted by molar-refractivity contribution is 0.469. The van der Waals surface area contributed by atoms with Gasteiger partial charge in [-0.1, -0.05) is 39.7 Å². The summed E-state index contributed by atoms with van der Waals surface area (Å²) in [5.41, 5.74) is 8.99. The number of nitrogens with one attached hydrogen (secondary N) is 1. The molecule has 0 fully saturated rings. The lowest BCUT2D eigenvalue weighted by Gasteiger charge is -2.13. The van der Waals surface area contributed by atoms with Crippen molar-refractivity contribution in [1.82, 2.24) is 15.0 Å². The standard InChI is InChI=1S/C20H15BrClN5O/c1-11-4-5-12(9-15(11)22)27-19-17(23)20(26-10-25-19)28-16-7-6-14(21)13-3-2-8-24-18(13)16/h2-10H,23H2,1H3,(H,25,26,27). The molecule has 8 heteroatoms. The molecule has 0 amide bonds. The van der Waals surface area contributed by atoms with Gasteiger partial charge < -0.3 is 15.8 Å². The highest BCUT2D eigenvalue weighted by atomic mass is 79.9. The normalized spacial score (nSPS) is 10.8. The van der Waals surface area contributed by atoms with Crippen LogP contribution in [0.5, 0.6) is 11.6 Å². The molecule has 6 nitrogen and oxygen atoms in total. The van der Waals surface area contributed by atoms with Gasteiger partial charge >= 0.3 is 0 Å². The van der Waals surface area contributed by atoms with Gasteiger partial charge in [0.05, 0.1) is 0 Å². The van der Waals surface area contributed by atoms with Crippen LogP contribution >= 0.6 is 27.5 Å². The molecule has 28 heavy (non-hydrogen) atoms. The molecule has 2 aromatic heterocycles. The second kappa shape index (κ2) is 7.61. The SMILES string of the molecule is Cc1ccc(Nc2ncnc(Oc3ccc(Br)c4cccnc34)c2N)cc1Cl. The predicted molar refractivity (Wildman–Crippen MR) is 115 cm³/mol. The smallest absolute Gasteiger partial charge is 0.248 e. The topological polar surface area (TPSA) is 86.0 Å². The number of nitrogens with zero attached hydrogens (tertiary/aromatic N) is 3. The van der Waals surface area contributed by atoms with Gasteiger partial charge in [0.2, 0.25) is 5.88 Å². The first-order valence-corrected chi connectivity index (χ1v) is 9.55. The average molecular weight is 457 g/mol. The fraction of sp³-hybridized carbons (Fsp3) is 0.0500. The highest BCUT2D eigenvalue weighted by Gasteiger charge is 2.14. The number of benzene rings is 2. The highest BCUT2D eigenvalue weighted by Crippen LogP contribution is 2.36. The summed E-state index contributed by atoms with van der Waals surface area (Å²) in [6, 6.07) is 13.2. The third-order valence-electron chi connectivity index (χ3n) is 4.17. The number of nitrogens with two attached hydrogens (primary N) is 1. The van der Waals surface area contributed by atoms with E-state index >= 15 is 0 Å². The molecule has 0 unspecified atom stereocenters. The maximum Gasteiger partial charge on any atom is 0.248 e. The lowest BCUT2D eigenvalue weighted by Crippen LogP contribution is -2.03. The predicted octanol–water partition coefficient (Wildman–Crippen LogP) is 5.87. The Morgan fingerprint density at radius 1 is 1.11 bits per heavy atom.